The zero-order valence-electron chi connectivity index (χ0n) is 11.3. The fraction of sp³-hybridized carbons (Fsp3) is 0.429. The molecule has 0 bridgehead atoms. The second kappa shape index (κ2) is 4.96. The summed E-state index contributed by atoms with van der Waals surface area (Å²) in [6, 6.07) is 6.03. The Kier molecular flexibility index (Phi) is 3.45. The van der Waals surface area contributed by atoms with Crippen LogP contribution < -0.4 is 0 Å². The fourth-order valence-corrected chi connectivity index (χ4v) is 2.43. The minimum absolute atomic E-state index is 0.00508. The molecule has 0 unspecified atom stereocenters. The van der Waals surface area contributed by atoms with Crippen LogP contribution in [0.1, 0.15) is 24.8 Å². The summed E-state index contributed by atoms with van der Waals surface area (Å²) in [6.45, 7) is 0. The lowest BCUT2D eigenvalue weighted by molar-refractivity contribution is -0.302. The molecule has 0 saturated heterocycles. The highest BCUT2D eigenvalue weighted by Gasteiger charge is 2.64. The maximum Gasteiger partial charge on any atom is 0.438 e. The Morgan fingerprint density at radius 3 is 2.41 bits per heavy atom. The first-order valence-electron chi connectivity index (χ1n) is 6.69. The van der Waals surface area contributed by atoms with E-state index in [1.165, 1.54) is 24.3 Å². The van der Waals surface area contributed by atoms with Crippen molar-refractivity contribution in [3.05, 3.63) is 34.9 Å². The molecular weight excluding hydrogens is 321 g/mol. The minimum atomic E-state index is -4.99. The van der Waals surface area contributed by atoms with Crippen molar-refractivity contribution >= 4 is 23.2 Å². The van der Waals surface area contributed by atoms with Crippen LogP contribution in [-0.2, 0) is 4.79 Å². The monoisotopic (exact) mass is 332 g/mol. The van der Waals surface area contributed by atoms with Gasteiger partial charge in [0.15, 0.2) is 0 Å². The van der Waals surface area contributed by atoms with E-state index in [0.717, 1.165) is 0 Å². The summed E-state index contributed by atoms with van der Waals surface area (Å²) < 4.78 is 39.8. The molecule has 1 aromatic carbocycles. The molecule has 1 saturated carbocycles. The summed E-state index contributed by atoms with van der Waals surface area (Å²) in [7, 11) is 0. The van der Waals surface area contributed by atoms with Gasteiger partial charge in [0.1, 0.15) is 0 Å². The quantitative estimate of drug-likeness (QED) is 0.905. The Balaban J connectivity index is 1.98. The van der Waals surface area contributed by atoms with Gasteiger partial charge in [-0.2, -0.15) is 23.3 Å². The van der Waals surface area contributed by atoms with E-state index in [0.29, 0.717) is 23.4 Å². The van der Waals surface area contributed by atoms with E-state index in [9.17, 15) is 23.1 Å². The minimum Gasteiger partial charge on any atom is -0.362 e. The molecule has 8 heteroatoms. The van der Waals surface area contributed by atoms with Crippen LogP contribution in [0.4, 0.5) is 13.2 Å². The predicted molar refractivity (Wildman–Crippen MR) is 73.2 cm³/mol. The summed E-state index contributed by atoms with van der Waals surface area (Å²) in [6.07, 6.45) is -4.74. The van der Waals surface area contributed by atoms with Gasteiger partial charge in [-0.15, -0.1) is 0 Å². The Labute approximate surface area is 129 Å². The van der Waals surface area contributed by atoms with E-state index in [1.54, 1.807) is 0 Å². The zero-order chi connectivity index (χ0) is 16.1. The molecule has 22 heavy (non-hydrogen) atoms. The van der Waals surface area contributed by atoms with Gasteiger partial charge in [0.05, 0.1) is 12.1 Å². The van der Waals surface area contributed by atoms with Crippen molar-refractivity contribution in [1.29, 1.82) is 0 Å². The number of carbonyl (C=O) groups excluding carboxylic acids is 1. The van der Waals surface area contributed by atoms with Crippen molar-refractivity contribution < 1.29 is 23.1 Å². The third kappa shape index (κ3) is 2.48. The highest BCUT2D eigenvalue weighted by atomic mass is 35.5. The molecule has 2 aliphatic rings. The number of benzene rings is 1. The van der Waals surface area contributed by atoms with Crippen molar-refractivity contribution in [2.24, 2.45) is 11.0 Å². The van der Waals surface area contributed by atoms with Gasteiger partial charge in [-0.3, -0.25) is 4.79 Å². The predicted octanol–water partition coefficient (Wildman–Crippen LogP) is 2.94. The largest absolute Gasteiger partial charge is 0.438 e. The lowest BCUT2D eigenvalue weighted by Crippen LogP contribution is -2.57. The maximum atomic E-state index is 13.3. The Hall–Kier alpha value is -1.60. The van der Waals surface area contributed by atoms with E-state index in [-0.39, 0.29) is 10.7 Å². The molecule has 1 heterocycles. The summed E-state index contributed by atoms with van der Waals surface area (Å²) in [5.41, 5.74) is -2.90. The van der Waals surface area contributed by atoms with Gasteiger partial charge in [-0.1, -0.05) is 23.7 Å². The molecule has 118 valence electrons. The third-order valence-electron chi connectivity index (χ3n) is 3.75. The van der Waals surface area contributed by atoms with E-state index >= 15 is 0 Å². The molecule has 0 aromatic heterocycles. The Morgan fingerprint density at radius 2 is 1.91 bits per heavy atom. The van der Waals surface area contributed by atoms with E-state index in [2.05, 4.69) is 5.10 Å². The SMILES string of the molecule is O=C(C1CC1)N1N=C(c2ccc(Cl)cc2)C[C@]1(O)C(F)(F)F. The van der Waals surface area contributed by atoms with Crippen LogP contribution in [0.2, 0.25) is 5.02 Å². The third-order valence-corrected chi connectivity index (χ3v) is 4.00. The fourth-order valence-electron chi connectivity index (χ4n) is 2.30. The number of aliphatic hydroxyl groups is 1. The van der Waals surface area contributed by atoms with E-state index in [4.69, 9.17) is 11.6 Å². The number of nitrogens with zero attached hydrogens (tertiary/aromatic N) is 2. The smallest absolute Gasteiger partial charge is 0.362 e. The zero-order valence-corrected chi connectivity index (χ0v) is 12.0. The summed E-state index contributed by atoms with van der Waals surface area (Å²) in [5.74, 6) is -1.27. The van der Waals surface area contributed by atoms with Crippen LogP contribution in [-0.4, -0.2) is 33.6 Å². The number of hydrazone groups is 1. The van der Waals surface area contributed by atoms with Gasteiger partial charge in [0.2, 0.25) is 5.91 Å². The highest BCUT2D eigenvalue weighted by Crippen LogP contribution is 2.44. The van der Waals surface area contributed by atoms with Crippen molar-refractivity contribution in [2.45, 2.75) is 31.2 Å². The molecule has 1 aromatic rings. The molecule has 4 nitrogen and oxygen atoms in total. The first kappa shape index (κ1) is 15.3. The lowest BCUT2D eigenvalue weighted by atomic mass is 10.0. The highest BCUT2D eigenvalue weighted by molar-refractivity contribution is 6.30. The molecule has 1 fully saturated rings. The van der Waals surface area contributed by atoms with Crippen LogP contribution in [0, 0.1) is 5.92 Å². The first-order valence-corrected chi connectivity index (χ1v) is 7.07. The van der Waals surface area contributed by atoms with Gasteiger partial charge in [-0.05, 0) is 30.5 Å². The van der Waals surface area contributed by atoms with Crippen LogP contribution in [0.25, 0.3) is 0 Å². The molecule has 0 spiro atoms. The van der Waals surface area contributed by atoms with E-state index in [1.807, 2.05) is 0 Å². The Bertz CT molecular complexity index is 640. The number of amides is 1. The van der Waals surface area contributed by atoms with Crippen LogP contribution in [0.5, 0.6) is 0 Å². The molecule has 1 amide bonds. The maximum absolute atomic E-state index is 13.3. The topological polar surface area (TPSA) is 52.9 Å². The summed E-state index contributed by atoms with van der Waals surface area (Å²) >= 11 is 5.74. The number of hydrogen-bond donors (Lipinski definition) is 1. The first-order chi connectivity index (χ1) is 10.2. The molecule has 3 rings (SSSR count). The van der Waals surface area contributed by atoms with Gasteiger partial charge in [0, 0.05) is 10.9 Å². The number of carbonyl (C=O) groups is 1. The molecule has 1 atom stereocenters. The van der Waals surface area contributed by atoms with Crippen molar-refractivity contribution in [2.75, 3.05) is 0 Å². The van der Waals surface area contributed by atoms with Gasteiger partial charge in [0.25, 0.3) is 5.72 Å². The van der Waals surface area contributed by atoms with Crippen molar-refractivity contribution in [3.63, 3.8) is 0 Å². The van der Waals surface area contributed by atoms with Crippen LogP contribution in [0.15, 0.2) is 29.4 Å². The number of alkyl halides is 3. The number of hydrogen-bond acceptors (Lipinski definition) is 3. The lowest BCUT2D eigenvalue weighted by Gasteiger charge is -2.32. The van der Waals surface area contributed by atoms with Gasteiger partial charge in [-0.25, -0.2) is 0 Å². The van der Waals surface area contributed by atoms with E-state index < -0.39 is 30.1 Å². The van der Waals surface area contributed by atoms with Gasteiger partial charge >= 0.3 is 6.18 Å². The van der Waals surface area contributed by atoms with Crippen molar-refractivity contribution in [1.82, 2.24) is 5.01 Å². The van der Waals surface area contributed by atoms with Crippen molar-refractivity contribution in [3.8, 4) is 0 Å². The average molecular weight is 333 g/mol. The standard InChI is InChI=1S/C14H12ClF3N2O2/c15-10-5-3-8(4-6-10)11-7-13(22,14(16,17)18)20(19-11)12(21)9-1-2-9/h3-6,9,22H,1-2,7H2/t13-/m0/s1. The Morgan fingerprint density at radius 1 is 1.32 bits per heavy atom. The second-order valence-electron chi connectivity index (χ2n) is 5.47. The number of halogens is 4. The van der Waals surface area contributed by atoms with Gasteiger partial charge < -0.3 is 5.11 Å². The van der Waals surface area contributed by atoms with Crippen LogP contribution >= 0.6 is 11.6 Å². The average Bonchev–Trinajstić information content (AvgIpc) is 3.21. The second-order valence-corrected chi connectivity index (χ2v) is 5.91. The normalized spacial score (nSPS) is 25.3. The molecule has 1 aliphatic heterocycles. The van der Waals surface area contributed by atoms with Crippen LogP contribution in [0.3, 0.4) is 0 Å². The molecule has 1 aliphatic carbocycles. The number of rotatable bonds is 2. The molecule has 0 radical (unpaired) electrons. The summed E-state index contributed by atoms with van der Waals surface area (Å²) in [5, 5.41) is 14.4. The molecule has 1 N–H and O–H groups in total. The molecular formula is C14H12ClF3N2O2. The summed E-state index contributed by atoms with van der Waals surface area (Å²) in [4.78, 5) is 12.0.